The lowest BCUT2D eigenvalue weighted by atomic mass is 9.98. The second-order valence-corrected chi connectivity index (χ2v) is 3.09. The fourth-order valence-electron chi connectivity index (χ4n) is 1.79. The zero-order chi connectivity index (χ0) is 7.40. The molecule has 10 heavy (non-hydrogen) atoms. The van der Waals surface area contributed by atoms with Gasteiger partial charge in [0, 0.05) is 20.3 Å². The molecule has 0 saturated heterocycles. The van der Waals surface area contributed by atoms with Crippen LogP contribution in [0.4, 0.5) is 0 Å². The molecule has 0 aromatic carbocycles. The average molecular weight is 144 g/mol. The molecule has 0 radical (unpaired) electrons. The molecule has 2 atom stereocenters. The summed E-state index contributed by atoms with van der Waals surface area (Å²) in [5.74, 6) is 1.13. The molecule has 0 aromatic rings. The summed E-state index contributed by atoms with van der Waals surface area (Å²) >= 11 is 0. The first-order valence-corrected chi connectivity index (χ1v) is 3.98. The first kappa shape index (κ1) is 8.02. The van der Waals surface area contributed by atoms with Gasteiger partial charge in [-0.2, -0.15) is 0 Å². The fraction of sp³-hybridized carbons (Fsp3) is 1.00. The predicted octanol–water partition coefficient (Wildman–Crippen LogP) is 1.04. The van der Waals surface area contributed by atoms with Gasteiger partial charge in [-0.1, -0.05) is 6.42 Å². The van der Waals surface area contributed by atoms with Crippen molar-refractivity contribution in [2.45, 2.75) is 19.3 Å². The van der Waals surface area contributed by atoms with Gasteiger partial charge >= 0.3 is 0 Å². The SMILES string of the molecule is COCC1CCCC1CO. The van der Waals surface area contributed by atoms with E-state index in [1.165, 1.54) is 19.3 Å². The van der Waals surface area contributed by atoms with Crippen molar-refractivity contribution in [1.29, 1.82) is 0 Å². The van der Waals surface area contributed by atoms with E-state index in [4.69, 9.17) is 9.84 Å². The van der Waals surface area contributed by atoms with Crippen LogP contribution in [-0.2, 0) is 4.74 Å². The summed E-state index contributed by atoms with van der Waals surface area (Å²) in [6.07, 6.45) is 3.68. The molecule has 0 spiro atoms. The summed E-state index contributed by atoms with van der Waals surface area (Å²) in [6, 6.07) is 0. The highest BCUT2D eigenvalue weighted by molar-refractivity contribution is 4.76. The minimum absolute atomic E-state index is 0.341. The number of aliphatic hydroxyl groups is 1. The number of hydrogen-bond acceptors (Lipinski definition) is 2. The van der Waals surface area contributed by atoms with Crippen LogP contribution in [0.15, 0.2) is 0 Å². The first-order valence-electron chi connectivity index (χ1n) is 3.98. The molecule has 1 N–H and O–H groups in total. The molecule has 1 aliphatic rings. The Morgan fingerprint density at radius 2 is 2.10 bits per heavy atom. The van der Waals surface area contributed by atoms with Gasteiger partial charge in [0.05, 0.1) is 0 Å². The molecule has 1 aliphatic carbocycles. The lowest BCUT2D eigenvalue weighted by molar-refractivity contribution is 0.106. The van der Waals surface area contributed by atoms with Crippen molar-refractivity contribution in [2.75, 3.05) is 20.3 Å². The average Bonchev–Trinajstić information content (AvgIpc) is 2.36. The predicted molar refractivity (Wildman–Crippen MR) is 39.8 cm³/mol. The molecule has 0 aliphatic heterocycles. The van der Waals surface area contributed by atoms with Crippen LogP contribution in [0, 0.1) is 11.8 Å². The summed E-state index contributed by atoms with van der Waals surface area (Å²) in [7, 11) is 1.73. The minimum atomic E-state index is 0.341. The van der Waals surface area contributed by atoms with Crippen LogP contribution in [0.2, 0.25) is 0 Å². The van der Waals surface area contributed by atoms with E-state index in [1.807, 2.05) is 0 Å². The van der Waals surface area contributed by atoms with Gasteiger partial charge in [-0.15, -0.1) is 0 Å². The van der Waals surface area contributed by atoms with Crippen molar-refractivity contribution >= 4 is 0 Å². The topological polar surface area (TPSA) is 29.5 Å². The van der Waals surface area contributed by atoms with Crippen molar-refractivity contribution in [1.82, 2.24) is 0 Å². The third kappa shape index (κ3) is 1.70. The number of hydrogen-bond donors (Lipinski definition) is 1. The Hall–Kier alpha value is -0.0800. The number of aliphatic hydroxyl groups excluding tert-OH is 1. The normalized spacial score (nSPS) is 33.0. The maximum Gasteiger partial charge on any atom is 0.0493 e. The number of ether oxygens (including phenoxy) is 1. The molecular weight excluding hydrogens is 128 g/mol. The van der Waals surface area contributed by atoms with Gasteiger partial charge in [0.15, 0.2) is 0 Å². The summed E-state index contributed by atoms with van der Waals surface area (Å²) in [5, 5.41) is 8.91. The molecule has 1 rings (SSSR count). The van der Waals surface area contributed by atoms with E-state index >= 15 is 0 Å². The van der Waals surface area contributed by atoms with Crippen molar-refractivity contribution in [3.8, 4) is 0 Å². The molecule has 0 bridgehead atoms. The van der Waals surface area contributed by atoms with Gasteiger partial charge in [-0.05, 0) is 24.7 Å². The Kier molecular flexibility index (Phi) is 3.16. The van der Waals surface area contributed by atoms with E-state index in [9.17, 15) is 0 Å². The number of methoxy groups -OCH3 is 1. The maximum absolute atomic E-state index is 8.91. The van der Waals surface area contributed by atoms with Crippen LogP contribution in [0.5, 0.6) is 0 Å². The zero-order valence-corrected chi connectivity index (χ0v) is 6.55. The molecule has 60 valence electrons. The van der Waals surface area contributed by atoms with Gasteiger partial charge in [-0.3, -0.25) is 0 Å². The van der Waals surface area contributed by atoms with Crippen molar-refractivity contribution in [3.63, 3.8) is 0 Å². The maximum atomic E-state index is 8.91. The van der Waals surface area contributed by atoms with Crippen LogP contribution in [0.3, 0.4) is 0 Å². The lowest BCUT2D eigenvalue weighted by Gasteiger charge is -2.15. The Balaban J connectivity index is 2.27. The highest BCUT2D eigenvalue weighted by atomic mass is 16.5. The van der Waals surface area contributed by atoms with Gasteiger partial charge in [0.2, 0.25) is 0 Å². The summed E-state index contributed by atoms with van der Waals surface area (Å²) in [5.41, 5.74) is 0. The van der Waals surface area contributed by atoms with E-state index < -0.39 is 0 Å². The number of rotatable bonds is 3. The highest BCUT2D eigenvalue weighted by Gasteiger charge is 2.25. The van der Waals surface area contributed by atoms with Gasteiger partial charge in [-0.25, -0.2) is 0 Å². The highest BCUT2D eigenvalue weighted by Crippen LogP contribution is 2.30. The van der Waals surface area contributed by atoms with Gasteiger partial charge in [0.1, 0.15) is 0 Å². The third-order valence-electron chi connectivity index (χ3n) is 2.43. The van der Waals surface area contributed by atoms with Gasteiger partial charge in [0.25, 0.3) is 0 Å². The second kappa shape index (κ2) is 3.94. The Morgan fingerprint density at radius 3 is 2.70 bits per heavy atom. The molecule has 2 unspecified atom stereocenters. The van der Waals surface area contributed by atoms with E-state index in [1.54, 1.807) is 7.11 Å². The third-order valence-corrected chi connectivity index (χ3v) is 2.43. The van der Waals surface area contributed by atoms with Gasteiger partial charge < -0.3 is 9.84 Å². The fourth-order valence-corrected chi connectivity index (χ4v) is 1.79. The molecule has 2 heteroatoms. The molecule has 0 amide bonds. The standard InChI is InChI=1S/C8H16O2/c1-10-6-8-4-2-3-7(8)5-9/h7-9H,2-6H2,1H3. The molecule has 0 heterocycles. The smallest absolute Gasteiger partial charge is 0.0493 e. The Morgan fingerprint density at radius 1 is 1.40 bits per heavy atom. The van der Waals surface area contributed by atoms with Crippen LogP contribution in [0.1, 0.15) is 19.3 Å². The van der Waals surface area contributed by atoms with Crippen molar-refractivity contribution in [3.05, 3.63) is 0 Å². The van der Waals surface area contributed by atoms with Crippen molar-refractivity contribution < 1.29 is 9.84 Å². The van der Waals surface area contributed by atoms with Crippen LogP contribution in [-0.4, -0.2) is 25.4 Å². The summed E-state index contributed by atoms with van der Waals surface area (Å²) < 4.78 is 5.05. The van der Waals surface area contributed by atoms with Crippen molar-refractivity contribution in [2.24, 2.45) is 11.8 Å². The largest absolute Gasteiger partial charge is 0.396 e. The van der Waals surface area contributed by atoms with E-state index in [2.05, 4.69) is 0 Å². The molecule has 0 aromatic heterocycles. The molecular formula is C8H16O2. The van der Waals surface area contributed by atoms with Crippen LogP contribution < -0.4 is 0 Å². The van der Waals surface area contributed by atoms with Crippen LogP contribution >= 0.6 is 0 Å². The summed E-state index contributed by atoms with van der Waals surface area (Å²) in [4.78, 5) is 0. The summed E-state index contributed by atoms with van der Waals surface area (Å²) in [6.45, 7) is 1.17. The second-order valence-electron chi connectivity index (χ2n) is 3.09. The van der Waals surface area contributed by atoms with E-state index in [-0.39, 0.29) is 0 Å². The van der Waals surface area contributed by atoms with E-state index in [0.29, 0.717) is 18.4 Å². The molecule has 2 nitrogen and oxygen atoms in total. The minimum Gasteiger partial charge on any atom is -0.396 e. The Labute approximate surface area is 62.2 Å². The zero-order valence-electron chi connectivity index (χ0n) is 6.55. The quantitative estimate of drug-likeness (QED) is 0.641. The van der Waals surface area contributed by atoms with E-state index in [0.717, 1.165) is 6.61 Å². The molecule has 1 fully saturated rings. The lowest BCUT2D eigenvalue weighted by Crippen LogP contribution is -2.16. The monoisotopic (exact) mass is 144 g/mol. The first-order chi connectivity index (χ1) is 4.88. The Bertz CT molecular complexity index is 93.3. The van der Waals surface area contributed by atoms with Crippen LogP contribution in [0.25, 0.3) is 0 Å². The molecule has 1 saturated carbocycles.